The van der Waals surface area contributed by atoms with E-state index >= 15 is 0 Å². The largest absolute Gasteiger partial charge is 0.371 e. The van der Waals surface area contributed by atoms with Gasteiger partial charge in [-0.1, -0.05) is 0 Å². The van der Waals surface area contributed by atoms with Gasteiger partial charge in [0.25, 0.3) is 0 Å². The third kappa shape index (κ3) is 4.10. The number of ketones is 1. The molecule has 1 rings (SSSR count). The average molecular weight is 232 g/mol. The number of likely N-dealkylation sites (N-methyl/N-ethyl adjacent to an activating group) is 1. The fourth-order valence-corrected chi connectivity index (χ4v) is 1.90. The summed E-state index contributed by atoms with van der Waals surface area (Å²) in [5.41, 5.74) is 0. The Morgan fingerprint density at radius 3 is 2.87 bits per heavy atom. The molecule has 0 saturated carbocycles. The Labute approximate surface area is 96.8 Å². The molecule has 0 amide bonds. The predicted octanol–water partition coefficient (Wildman–Crippen LogP) is 0.142. The van der Waals surface area contributed by atoms with Crippen LogP contribution in [-0.4, -0.2) is 56.0 Å². The minimum atomic E-state index is 0.0147. The minimum Gasteiger partial charge on any atom is -0.371 e. The van der Waals surface area contributed by atoms with Crippen LogP contribution in [0.3, 0.4) is 0 Å². The van der Waals surface area contributed by atoms with Crippen LogP contribution in [0.25, 0.3) is 0 Å². The highest BCUT2D eigenvalue weighted by atomic mass is 32.1. The Kier molecular flexibility index (Phi) is 5.60. The summed E-state index contributed by atoms with van der Waals surface area (Å²) in [6.07, 6.45) is 1.39. The van der Waals surface area contributed by atoms with Gasteiger partial charge in [0.05, 0.1) is 18.6 Å². The summed E-state index contributed by atoms with van der Waals surface area (Å²) < 4.78 is 5.04. The first kappa shape index (κ1) is 13.0. The van der Waals surface area contributed by atoms with Crippen molar-refractivity contribution >= 4 is 18.4 Å². The molecule has 0 bridgehead atoms. The first-order chi connectivity index (χ1) is 7.15. The number of rotatable bonds is 6. The lowest BCUT2D eigenvalue weighted by molar-refractivity contribution is -0.121. The molecule has 0 aliphatic carbocycles. The molecule has 4 nitrogen and oxygen atoms in total. The quantitative estimate of drug-likeness (QED) is 0.388. The first-order valence-electron chi connectivity index (χ1n) is 5.26. The predicted molar refractivity (Wildman–Crippen MR) is 63.3 cm³/mol. The monoisotopic (exact) mass is 232 g/mol. The summed E-state index contributed by atoms with van der Waals surface area (Å²) in [5, 5.41) is 3.25. The highest BCUT2D eigenvalue weighted by molar-refractivity contribution is 7.80. The molecule has 5 heteroatoms. The Bertz CT molecular complexity index is 212. The molecule has 88 valence electrons. The van der Waals surface area contributed by atoms with E-state index < -0.39 is 0 Å². The van der Waals surface area contributed by atoms with E-state index in [1.165, 1.54) is 0 Å². The fraction of sp³-hybridized carbons (Fsp3) is 0.900. The van der Waals surface area contributed by atoms with E-state index in [2.05, 4.69) is 22.8 Å². The number of thiol groups is 1. The Balaban J connectivity index is 2.24. The van der Waals surface area contributed by atoms with Gasteiger partial charge in [0, 0.05) is 19.0 Å². The van der Waals surface area contributed by atoms with Gasteiger partial charge in [-0.25, -0.2) is 0 Å². The van der Waals surface area contributed by atoms with Crippen molar-refractivity contribution in [3.8, 4) is 0 Å². The zero-order valence-electron chi connectivity index (χ0n) is 9.40. The summed E-state index contributed by atoms with van der Waals surface area (Å²) in [6.45, 7) is 1.38. The van der Waals surface area contributed by atoms with Crippen molar-refractivity contribution in [2.45, 2.75) is 24.9 Å². The normalized spacial score (nSPS) is 26.1. The van der Waals surface area contributed by atoms with Gasteiger partial charge in [-0.2, -0.15) is 12.6 Å². The molecule has 1 heterocycles. The van der Waals surface area contributed by atoms with E-state index in [4.69, 9.17) is 4.74 Å². The maximum Gasteiger partial charge on any atom is 0.152 e. The van der Waals surface area contributed by atoms with E-state index in [-0.39, 0.29) is 11.8 Å². The third-order valence-corrected chi connectivity index (χ3v) is 2.99. The summed E-state index contributed by atoms with van der Waals surface area (Å²) in [5.74, 6) is 0.632. The molecule has 1 saturated heterocycles. The van der Waals surface area contributed by atoms with Gasteiger partial charge in [0.2, 0.25) is 0 Å². The van der Waals surface area contributed by atoms with Crippen LogP contribution >= 0.6 is 12.6 Å². The van der Waals surface area contributed by atoms with Crippen molar-refractivity contribution in [3.05, 3.63) is 0 Å². The first-order valence-corrected chi connectivity index (χ1v) is 5.89. The van der Waals surface area contributed by atoms with Crippen LogP contribution in [0.1, 0.15) is 12.8 Å². The van der Waals surface area contributed by atoms with E-state index in [1.54, 1.807) is 0 Å². The van der Waals surface area contributed by atoms with E-state index in [9.17, 15) is 4.79 Å². The molecule has 1 fully saturated rings. The van der Waals surface area contributed by atoms with Crippen molar-refractivity contribution in [3.63, 3.8) is 0 Å². The van der Waals surface area contributed by atoms with Crippen LogP contribution in [-0.2, 0) is 9.53 Å². The topological polar surface area (TPSA) is 41.6 Å². The number of carbonyl (C=O) groups is 1. The highest BCUT2D eigenvalue weighted by Gasteiger charge is 2.29. The average Bonchev–Trinajstić information content (AvgIpc) is 2.66. The molecule has 1 aliphatic rings. The molecular weight excluding hydrogens is 212 g/mol. The molecule has 0 aromatic heterocycles. The van der Waals surface area contributed by atoms with Gasteiger partial charge in [0.1, 0.15) is 0 Å². The van der Waals surface area contributed by atoms with Crippen LogP contribution in [0.15, 0.2) is 0 Å². The zero-order valence-corrected chi connectivity index (χ0v) is 10.3. The summed E-state index contributed by atoms with van der Waals surface area (Å²) in [7, 11) is 4.09. The number of nitrogens with zero attached hydrogens (tertiary/aromatic N) is 1. The van der Waals surface area contributed by atoms with Gasteiger partial charge >= 0.3 is 0 Å². The SMILES string of the molecule is CN(C)C1CNC(C(=O)CCOCS)C1. The molecule has 0 spiro atoms. The van der Waals surface area contributed by atoms with Crippen LogP contribution in [0.4, 0.5) is 0 Å². The standard InChI is InChI=1S/C10H20N2O2S/c1-12(2)8-5-9(11-6-8)10(13)3-4-14-7-15/h8-9,11,15H,3-7H2,1-2H3. The minimum absolute atomic E-state index is 0.0147. The van der Waals surface area contributed by atoms with E-state index in [0.717, 1.165) is 13.0 Å². The molecular formula is C10H20N2O2S. The molecule has 0 aromatic rings. The smallest absolute Gasteiger partial charge is 0.152 e. The Morgan fingerprint density at radius 2 is 2.33 bits per heavy atom. The van der Waals surface area contributed by atoms with Gasteiger partial charge in [0.15, 0.2) is 5.78 Å². The van der Waals surface area contributed by atoms with Gasteiger partial charge in [-0.05, 0) is 20.5 Å². The fourth-order valence-electron chi connectivity index (χ4n) is 1.77. The van der Waals surface area contributed by atoms with Crippen LogP contribution in [0.2, 0.25) is 0 Å². The number of hydrogen-bond donors (Lipinski definition) is 2. The molecule has 2 atom stereocenters. The maximum absolute atomic E-state index is 11.7. The summed E-state index contributed by atoms with van der Waals surface area (Å²) >= 11 is 3.92. The molecule has 0 radical (unpaired) electrons. The number of Topliss-reactive ketones (excluding diaryl/α,β-unsaturated/α-hetero) is 1. The lowest BCUT2D eigenvalue weighted by Crippen LogP contribution is -2.31. The highest BCUT2D eigenvalue weighted by Crippen LogP contribution is 2.12. The molecule has 1 aliphatic heterocycles. The lowest BCUT2D eigenvalue weighted by atomic mass is 10.1. The van der Waals surface area contributed by atoms with Crippen LogP contribution in [0.5, 0.6) is 0 Å². The van der Waals surface area contributed by atoms with Gasteiger partial charge in [-0.15, -0.1) is 0 Å². The lowest BCUT2D eigenvalue weighted by Gasteiger charge is -2.17. The van der Waals surface area contributed by atoms with Crippen molar-refractivity contribution in [1.29, 1.82) is 0 Å². The number of hydrogen-bond acceptors (Lipinski definition) is 5. The van der Waals surface area contributed by atoms with Crippen LogP contribution < -0.4 is 5.32 Å². The third-order valence-electron chi connectivity index (χ3n) is 2.81. The van der Waals surface area contributed by atoms with E-state index in [0.29, 0.717) is 25.0 Å². The van der Waals surface area contributed by atoms with Crippen molar-refractivity contribution in [2.24, 2.45) is 0 Å². The van der Waals surface area contributed by atoms with Crippen molar-refractivity contribution in [2.75, 3.05) is 33.2 Å². The summed E-state index contributed by atoms with van der Waals surface area (Å²) in [6, 6.07) is 0.491. The number of ether oxygens (including phenoxy) is 1. The van der Waals surface area contributed by atoms with Crippen molar-refractivity contribution < 1.29 is 9.53 Å². The van der Waals surface area contributed by atoms with Crippen molar-refractivity contribution in [1.82, 2.24) is 10.2 Å². The Hall–Kier alpha value is -0.100. The molecule has 1 N–H and O–H groups in total. The second-order valence-electron chi connectivity index (χ2n) is 4.07. The second-order valence-corrected chi connectivity index (χ2v) is 4.33. The summed E-state index contributed by atoms with van der Waals surface area (Å²) in [4.78, 5) is 13.9. The van der Waals surface area contributed by atoms with E-state index in [1.807, 2.05) is 14.1 Å². The number of nitrogens with one attached hydrogen (secondary N) is 1. The Morgan fingerprint density at radius 1 is 1.60 bits per heavy atom. The number of carbonyl (C=O) groups excluding carboxylic acids is 1. The zero-order chi connectivity index (χ0) is 11.3. The maximum atomic E-state index is 11.7. The van der Waals surface area contributed by atoms with Gasteiger partial charge in [-0.3, -0.25) is 4.79 Å². The van der Waals surface area contributed by atoms with Crippen LogP contribution in [0, 0.1) is 0 Å². The molecule has 15 heavy (non-hydrogen) atoms. The molecule has 0 aromatic carbocycles. The molecule has 2 unspecified atom stereocenters. The second kappa shape index (κ2) is 6.48. The van der Waals surface area contributed by atoms with Gasteiger partial charge < -0.3 is 15.0 Å².